The van der Waals surface area contributed by atoms with Gasteiger partial charge in [-0.25, -0.2) is 0 Å². The molecule has 3 N–H and O–H groups in total. The maximum atomic E-state index is 13.0. The van der Waals surface area contributed by atoms with Crippen LogP contribution >= 0.6 is 24.0 Å². The summed E-state index contributed by atoms with van der Waals surface area (Å²) in [5.41, 5.74) is -0.0574. The third-order valence-electron chi connectivity index (χ3n) is 5.54. The zero-order valence-corrected chi connectivity index (χ0v) is 18.5. The Morgan fingerprint density at radius 1 is 1.15 bits per heavy atom. The predicted octanol–water partition coefficient (Wildman–Crippen LogP) is 4.47. The van der Waals surface area contributed by atoms with Gasteiger partial charge in [-0.1, -0.05) is 20.3 Å². The Morgan fingerprint density at radius 3 is 2.31 bits per heavy atom. The second-order valence-corrected chi connectivity index (χ2v) is 7.12. The van der Waals surface area contributed by atoms with E-state index in [-0.39, 0.29) is 54.9 Å². The van der Waals surface area contributed by atoms with Gasteiger partial charge in [0.25, 0.3) is 0 Å². The standard InChI is InChI=1S/C18H34F3N3O.HI/c1-4-17(5-2,10-11-25)13-23-16(22-6-3)24-15-9-7-8-14(12-15)18(19,20)21;/h14-15,25H,4-13H2,1-3H3,(H2,22,23,24);1H. The lowest BCUT2D eigenvalue weighted by molar-refractivity contribution is -0.183. The number of aliphatic hydroxyl groups is 1. The van der Waals surface area contributed by atoms with E-state index in [9.17, 15) is 18.3 Å². The average molecular weight is 493 g/mol. The molecule has 2 atom stereocenters. The van der Waals surface area contributed by atoms with Crippen LogP contribution in [0.15, 0.2) is 4.99 Å². The summed E-state index contributed by atoms with van der Waals surface area (Å²) in [4.78, 5) is 4.63. The minimum Gasteiger partial charge on any atom is -0.396 e. The number of rotatable bonds is 8. The number of aliphatic hydroxyl groups excluding tert-OH is 1. The molecule has 156 valence electrons. The summed E-state index contributed by atoms with van der Waals surface area (Å²) in [7, 11) is 0. The largest absolute Gasteiger partial charge is 0.396 e. The summed E-state index contributed by atoms with van der Waals surface area (Å²) in [5.74, 6) is -0.638. The molecule has 0 spiro atoms. The smallest absolute Gasteiger partial charge is 0.391 e. The van der Waals surface area contributed by atoms with Crippen molar-refractivity contribution in [2.75, 3.05) is 19.7 Å². The van der Waals surface area contributed by atoms with Crippen LogP contribution in [0.2, 0.25) is 0 Å². The maximum Gasteiger partial charge on any atom is 0.391 e. The highest BCUT2D eigenvalue weighted by atomic mass is 127. The lowest BCUT2D eigenvalue weighted by atomic mass is 9.79. The number of hydrogen-bond donors (Lipinski definition) is 3. The van der Waals surface area contributed by atoms with Crippen LogP contribution in [-0.2, 0) is 0 Å². The van der Waals surface area contributed by atoms with Gasteiger partial charge >= 0.3 is 6.18 Å². The first-order valence-electron chi connectivity index (χ1n) is 9.52. The summed E-state index contributed by atoms with van der Waals surface area (Å²) in [6, 6.07) is -0.200. The van der Waals surface area contributed by atoms with E-state index in [0.717, 1.165) is 19.3 Å². The van der Waals surface area contributed by atoms with Crippen molar-refractivity contribution < 1.29 is 18.3 Å². The molecule has 1 aliphatic rings. The van der Waals surface area contributed by atoms with Crippen molar-refractivity contribution in [3.05, 3.63) is 0 Å². The summed E-state index contributed by atoms with van der Waals surface area (Å²) in [5, 5.41) is 15.7. The second-order valence-electron chi connectivity index (χ2n) is 7.12. The first kappa shape index (κ1) is 25.8. The van der Waals surface area contributed by atoms with Gasteiger partial charge in [0.05, 0.1) is 5.92 Å². The van der Waals surface area contributed by atoms with Gasteiger partial charge in [0, 0.05) is 25.7 Å². The predicted molar refractivity (Wildman–Crippen MR) is 111 cm³/mol. The molecule has 0 aromatic heterocycles. The summed E-state index contributed by atoms with van der Waals surface area (Å²) >= 11 is 0. The zero-order valence-electron chi connectivity index (χ0n) is 16.2. The molecular weight excluding hydrogens is 458 g/mol. The molecule has 4 nitrogen and oxygen atoms in total. The van der Waals surface area contributed by atoms with Gasteiger partial charge in [0.1, 0.15) is 0 Å². The zero-order chi connectivity index (χ0) is 18.9. The Hall–Kier alpha value is -0.250. The van der Waals surface area contributed by atoms with E-state index in [2.05, 4.69) is 29.5 Å². The lowest BCUT2D eigenvalue weighted by Crippen LogP contribution is -2.47. The Labute approximate surface area is 172 Å². The van der Waals surface area contributed by atoms with E-state index >= 15 is 0 Å². The van der Waals surface area contributed by atoms with Crippen molar-refractivity contribution in [3.63, 3.8) is 0 Å². The maximum absolute atomic E-state index is 13.0. The third-order valence-corrected chi connectivity index (χ3v) is 5.54. The molecule has 0 aromatic rings. The molecule has 0 radical (unpaired) electrons. The van der Waals surface area contributed by atoms with Crippen LogP contribution in [0.25, 0.3) is 0 Å². The van der Waals surface area contributed by atoms with E-state index in [0.29, 0.717) is 31.9 Å². The molecule has 0 heterocycles. The minimum absolute atomic E-state index is 0. The lowest BCUT2D eigenvalue weighted by Gasteiger charge is -2.33. The quantitative estimate of drug-likeness (QED) is 0.266. The number of guanidine groups is 1. The Kier molecular flexibility index (Phi) is 12.1. The molecule has 0 amide bonds. The monoisotopic (exact) mass is 493 g/mol. The van der Waals surface area contributed by atoms with Gasteiger partial charge in [-0.3, -0.25) is 4.99 Å². The van der Waals surface area contributed by atoms with Crippen molar-refractivity contribution in [2.45, 2.75) is 77.9 Å². The number of halogens is 4. The SMILES string of the molecule is CCNC(=NCC(CC)(CC)CCO)NC1CCCC(C(F)(F)F)C1.I. The van der Waals surface area contributed by atoms with Crippen LogP contribution < -0.4 is 10.6 Å². The van der Waals surface area contributed by atoms with Crippen LogP contribution in [0, 0.1) is 11.3 Å². The average Bonchev–Trinajstić information content (AvgIpc) is 2.58. The van der Waals surface area contributed by atoms with Crippen LogP contribution in [0.4, 0.5) is 13.2 Å². The molecule has 26 heavy (non-hydrogen) atoms. The fourth-order valence-corrected chi connectivity index (χ4v) is 3.52. The molecule has 0 saturated heterocycles. The van der Waals surface area contributed by atoms with Crippen LogP contribution in [0.3, 0.4) is 0 Å². The molecule has 0 aromatic carbocycles. The Morgan fingerprint density at radius 2 is 1.81 bits per heavy atom. The van der Waals surface area contributed by atoms with Crippen molar-refractivity contribution >= 4 is 29.9 Å². The summed E-state index contributed by atoms with van der Waals surface area (Å²) in [6.45, 7) is 7.46. The van der Waals surface area contributed by atoms with E-state index in [1.807, 2.05) is 6.92 Å². The molecule has 1 fully saturated rings. The van der Waals surface area contributed by atoms with Crippen LogP contribution in [0.5, 0.6) is 0 Å². The van der Waals surface area contributed by atoms with E-state index in [1.54, 1.807) is 0 Å². The first-order valence-corrected chi connectivity index (χ1v) is 9.52. The second kappa shape index (κ2) is 12.3. The van der Waals surface area contributed by atoms with Crippen LogP contribution in [-0.4, -0.2) is 43.0 Å². The fourth-order valence-electron chi connectivity index (χ4n) is 3.52. The normalized spacial score (nSPS) is 21.9. The number of alkyl halides is 3. The molecule has 2 unspecified atom stereocenters. The van der Waals surface area contributed by atoms with Gasteiger partial charge in [-0.15, -0.1) is 24.0 Å². The highest BCUT2D eigenvalue weighted by Crippen LogP contribution is 2.37. The molecule has 0 bridgehead atoms. The first-order chi connectivity index (χ1) is 11.8. The topological polar surface area (TPSA) is 56.7 Å². The molecular formula is C18H35F3IN3O. The highest BCUT2D eigenvalue weighted by Gasteiger charge is 2.42. The van der Waals surface area contributed by atoms with Gasteiger partial charge in [0.15, 0.2) is 5.96 Å². The number of nitrogens with zero attached hydrogens (tertiary/aromatic N) is 1. The molecule has 1 aliphatic carbocycles. The van der Waals surface area contributed by atoms with Gasteiger partial charge in [0.2, 0.25) is 0 Å². The van der Waals surface area contributed by atoms with Crippen molar-refractivity contribution in [1.29, 1.82) is 0 Å². The summed E-state index contributed by atoms with van der Waals surface area (Å²) < 4.78 is 39.0. The number of hydrogen-bond acceptors (Lipinski definition) is 2. The van der Waals surface area contributed by atoms with Crippen molar-refractivity contribution in [1.82, 2.24) is 10.6 Å². The van der Waals surface area contributed by atoms with Gasteiger partial charge in [-0.05, 0) is 50.9 Å². The molecule has 1 rings (SSSR count). The van der Waals surface area contributed by atoms with Crippen LogP contribution in [0.1, 0.15) is 65.7 Å². The highest BCUT2D eigenvalue weighted by molar-refractivity contribution is 14.0. The molecule has 1 saturated carbocycles. The Balaban J connectivity index is 0.00000625. The third kappa shape index (κ3) is 8.19. The summed E-state index contributed by atoms with van der Waals surface area (Å²) in [6.07, 6.45) is 0.0377. The van der Waals surface area contributed by atoms with E-state index in [1.165, 1.54) is 0 Å². The number of nitrogens with one attached hydrogen (secondary N) is 2. The van der Waals surface area contributed by atoms with Gasteiger partial charge < -0.3 is 15.7 Å². The van der Waals surface area contributed by atoms with E-state index in [4.69, 9.17) is 0 Å². The van der Waals surface area contributed by atoms with E-state index < -0.39 is 12.1 Å². The number of aliphatic imine (C=N–C) groups is 1. The molecule has 8 heteroatoms. The van der Waals surface area contributed by atoms with Crippen molar-refractivity contribution in [3.8, 4) is 0 Å². The molecule has 0 aliphatic heterocycles. The Bertz CT molecular complexity index is 415. The van der Waals surface area contributed by atoms with Gasteiger partial charge in [-0.2, -0.15) is 13.2 Å². The fraction of sp³-hybridized carbons (Fsp3) is 0.944. The minimum atomic E-state index is -4.11. The van der Waals surface area contributed by atoms with Crippen molar-refractivity contribution in [2.24, 2.45) is 16.3 Å².